The van der Waals surface area contributed by atoms with Gasteiger partial charge in [-0.25, -0.2) is 0 Å². The Bertz CT molecular complexity index is 891. The van der Waals surface area contributed by atoms with Gasteiger partial charge in [0.2, 0.25) is 0 Å². The highest BCUT2D eigenvalue weighted by atomic mass is 31.2. The van der Waals surface area contributed by atoms with Crippen LogP contribution in [0.5, 0.6) is 0 Å². The predicted octanol–water partition coefficient (Wildman–Crippen LogP) is 9.77. The van der Waals surface area contributed by atoms with Crippen molar-refractivity contribution in [2.45, 2.75) is 193 Å². The number of phosphoric ester groups is 1. The number of unbranched alkanes of at least 4 members (excludes halogenated alkanes) is 21. The quantitative estimate of drug-likeness (QED) is 0.0220. The molecule has 1 N–H and O–H groups in total. The topological polar surface area (TPSA) is 122 Å². The molecule has 0 heterocycles. The molecule has 0 aliphatic rings. The first-order chi connectivity index (χ1) is 24.0. The lowest BCUT2D eigenvalue weighted by atomic mass is 10.0. The van der Waals surface area contributed by atoms with E-state index in [1.54, 1.807) is 0 Å². The molecule has 0 rings (SSSR count). The number of rotatable bonds is 37. The monoisotopic (exact) mass is 732 g/mol. The highest BCUT2D eigenvalue weighted by Gasteiger charge is 2.35. The van der Waals surface area contributed by atoms with Gasteiger partial charge in [-0.3, -0.25) is 14.2 Å². The summed E-state index contributed by atoms with van der Waals surface area (Å²) < 4.78 is 28.9. The Morgan fingerprint density at radius 1 is 0.680 bits per heavy atom. The molecule has 0 spiro atoms. The van der Waals surface area contributed by atoms with Crippen molar-refractivity contribution in [3.8, 4) is 0 Å². The van der Waals surface area contributed by atoms with Crippen LogP contribution < -0.4 is 4.89 Å². The summed E-state index contributed by atoms with van der Waals surface area (Å²) in [6.07, 6.45) is 28.9. The van der Waals surface area contributed by atoms with Crippen LogP contribution in [0.2, 0.25) is 0 Å². The number of aliphatic hydroxyl groups excluding tert-OH is 1. The maximum Gasteiger partial charge on any atom is 0.306 e. The third-order valence-electron chi connectivity index (χ3n) is 9.04. The molecule has 10 heteroatoms. The number of Topliss-reactive ketones (excluding diaryl/α,β-unsaturated/α-hetero) is 1. The number of nitrogens with zero attached hydrogens (tertiary/aromatic N) is 1. The van der Waals surface area contributed by atoms with Crippen LogP contribution in [0.1, 0.15) is 181 Å². The third kappa shape index (κ3) is 31.6. The van der Waals surface area contributed by atoms with Gasteiger partial charge >= 0.3 is 5.97 Å². The first-order valence-electron chi connectivity index (χ1n) is 20.4. The molecule has 3 atom stereocenters. The number of quaternary nitrogens is 1. The van der Waals surface area contributed by atoms with Crippen molar-refractivity contribution in [3.05, 3.63) is 12.2 Å². The molecule has 0 aromatic heterocycles. The number of carbonyl (C=O) groups is 2. The second kappa shape index (κ2) is 32.6. The molecule has 0 aromatic rings. The summed E-state index contributed by atoms with van der Waals surface area (Å²) in [5.74, 6) is -1.09. The number of ether oxygens (including phenoxy) is 1. The van der Waals surface area contributed by atoms with Crippen molar-refractivity contribution in [2.24, 2.45) is 0 Å². The van der Waals surface area contributed by atoms with E-state index < -0.39 is 38.4 Å². The van der Waals surface area contributed by atoms with Crippen molar-refractivity contribution in [2.75, 3.05) is 40.9 Å². The summed E-state index contributed by atoms with van der Waals surface area (Å²) >= 11 is 0. The van der Waals surface area contributed by atoms with Crippen LogP contribution >= 0.6 is 7.82 Å². The van der Waals surface area contributed by atoms with Crippen LogP contribution in [0.4, 0.5) is 0 Å². The molecule has 0 aromatic carbocycles. The number of esters is 1. The van der Waals surface area contributed by atoms with Crippen molar-refractivity contribution in [3.63, 3.8) is 0 Å². The minimum Gasteiger partial charge on any atom is -0.756 e. The molecule has 2 unspecified atom stereocenters. The van der Waals surface area contributed by atoms with Crippen molar-refractivity contribution >= 4 is 19.6 Å². The first-order valence-corrected chi connectivity index (χ1v) is 21.8. The Kier molecular flexibility index (Phi) is 31.8. The number of aliphatic hydroxyl groups is 1. The smallest absolute Gasteiger partial charge is 0.306 e. The van der Waals surface area contributed by atoms with Gasteiger partial charge < -0.3 is 28.3 Å². The Hall–Kier alpha value is -1.09. The van der Waals surface area contributed by atoms with Gasteiger partial charge in [-0.15, -0.1) is 0 Å². The Balaban J connectivity index is 4.68. The summed E-state index contributed by atoms with van der Waals surface area (Å²) in [7, 11) is 0.791. The minimum atomic E-state index is -4.91. The molecule has 0 saturated heterocycles. The van der Waals surface area contributed by atoms with E-state index in [-0.39, 0.29) is 19.4 Å². The van der Waals surface area contributed by atoms with Crippen molar-refractivity contribution in [1.82, 2.24) is 0 Å². The summed E-state index contributed by atoms with van der Waals surface area (Å²) in [5, 5.41) is 10.1. The van der Waals surface area contributed by atoms with Gasteiger partial charge in [-0.05, 0) is 38.5 Å². The second-order valence-corrected chi connectivity index (χ2v) is 16.5. The van der Waals surface area contributed by atoms with Crippen LogP contribution in [-0.4, -0.2) is 74.5 Å². The lowest BCUT2D eigenvalue weighted by Gasteiger charge is -2.32. The highest BCUT2D eigenvalue weighted by molar-refractivity contribution is 7.45. The first kappa shape index (κ1) is 48.9. The zero-order valence-corrected chi connectivity index (χ0v) is 33.9. The zero-order valence-electron chi connectivity index (χ0n) is 33.0. The minimum absolute atomic E-state index is 0.0723. The fourth-order valence-corrected chi connectivity index (χ4v) is 6.70. The molecule has 0 aliphatic carbocycles. The van der Waals surface area contributed by atoms with Gasteiger partial charge in [0.15, 0.2) is 18.0 Å². The molecule has 0 bridgehead atoms. The second-order valence-electron chi connectivity index (χ2n) is 15.1. The van der Waals surface area contributed by atoms with Crippen LogP contribution in [0.25, 0.3) is 0 Å². The third-order valence-corrected chi connectivity index (χ3v) is 10.0. The summed E-state index contributed by atoms with van der Waals surface area (Å²) in [4.78, 5) is 38.7. The molecule has 9 nitrogen and oxygen atoms in total. The van der Waals surface area contributed by atoms with E-state index in [1.807, 2.05) is 21.1 Å². The van der Waals surface area contributed by atoms with Gasteiger partial charge in [0.05, 0.1) is 27.7 Å². The van der Waals surface area contributed by atoms with E-state index >= 15 is 0 Å². The normalized spacial score (nSPS) is 14.5. The van der Waals surface area contributed by atoms with E-state index in [0.29, 0.717) is 23.9 Å². The van der Waals surface area contributed by atoms with Crippen LogP contribution in [-0.2, 0) is 27.9 Å². The zero-order chi connectivity index (χ0) is 37.4. The predicted molar refractivity (Wildman–Crippen MR) is 204 cm³/mol. The Morgan fingerprint density at radius 3 is 1.54 bits per heavy atom. The van der Waals surface area contributed by atoms with Gasteiger partial charge in [-0.1, -0.05) is 142 Å². The van der Waals surface area contributed by atoms with Crippen LogP contribution in [0.3, 0.4) is 0 Å². The van der Waals surface area contributed by atoms with E-state index in [1.165, 1.54) is 83.5 Å². The Morgan fingerprint density at radius 2 is 1.10 bits per heavy atom. The molecule has 0 radical (unpaired) electrons. The lowest BCUT2D eigenvalue weighted by molar-refractivity contribution is -0.870. The largest absolute Gasteiger partial charge is 0.756 e. The fourth-order valence-electron chi connectivity index (χ4n) is 5.80. The van der Waals surface area contributed by atoms with E-state index in [4.69, 9.17) is 13.8 Å². The number of allylic oxidation sites excluding steroid dienone is 2. The number of likely N-dealkylation sites (N-methyl/N-ethyl adjacent to an activating group) is 1. The molecular weight excluding hydrogens is 653 g/mol. The van der Waals surface area contributed by atoms with Crippen LogP contribution in [0, 0.1) is 0 Å². The van der Waals surface area contributed by atoms with E-state index in [9.17, 15) is 24.2 Å². The van der Waals surface area contributed by atoms with E-state index in [0.717, 1.165) is 57.8 Å². The number of phosphoric acid groups is 1. The average molecular weight is 732 g/mol. The van der Waals surface area contributed by atoms with Crippen molar-refractivity contribution in [1.29, 1.82) is 0 Å². The molecule has 0 amide bonds. The van der Waals surface area contributed by atoms with E-state index in [2.05, 4.69) is 26.0 Å². The molecule has 0 aliphatic heterocycles. The fraction of sp³-hybridized carbons (Fsp3) is 0.900. The van der Waals surface area contributed by atoms with Gasteiger partial charge in [-0.2, -0.15) is 0 Å². The van der Waals surface area contributed by atoms with Crippen LogP contribution in [0.15, 0.2) is 12.2 Å². The molecule has 0 saturated carbocycles. The van der Waals surface area contributed by atoms with Crippen molar-refractivity contribution < 1.29 is 42.4 Å². The summed E-state index contributed by atoms with van der Waals surface area (Å²) in [5.41, 5.74) is 0. The highest BCUT2D eigenvalue weighted by Crippen LogP contribution is 2.41. The molecular formula is C40H78NO8P. The lowest BCUT2D eigenvalue weighted by Crippen LogP contribution is -2.43. The molecule has 0 fully saturated rings. The average Bonchev–Trinajstić information content (AvgIpc) is 3.06. The summed E-state index contributed by atoms with van der Waals surface area (Å²) in [6, 6.07) is 0. The van der Waals surface area contributed by atoms with Gasteiger partial charge in [0, 0.05) is 12.8 Å². The summed E-state index contributed by atoms with van der Waals surface area (Å²) in [6.45, 7) is 4.01. The maximum absolute atomic E-state index is 13.3. The maximum atomic E-state index is 13.3. The Labute approximate surface area is 307 Å². The molecule has 296 valence electrons. The van der Waals surface area contributed by atoms with Gasteiger partial charge in [0.1, 0.15) is 13.2 Å². The standard InChI is InChI=1S/C40H78NO8P/c1-6-8-10-12-14-16-18-19-20-21-23-25-27-29-31-33-39(44)48-38(36-42)40(49-50(45,46)47-35-34-41(3,4)5)37(43)32-30-28-26-24-22-17-15-13-11-9-7-2/h19-20,38,40,42H,6-18,21-36H2,1-5H3/b20-19-/t38-,40?/m0/s1. The number of carbonyl (C=O) groups excluding carboxylic acids is 2. The SMILES string of the molecule is CCCCCCCC/C=C\CCCCCCCC(=O)O[C@@H](CO)C(OP(=O)([O-])OCC[N+](C)(C)C)C(=O)CCCCCCCCCCCCC. The number of ketones is 1. The molecule has 50 heavy (non-hydrogen) atoms. The number of hydrogen-bond donors (Lipinski definition) is 1. The van der Waals surface area contributed by atoms with Gasteiger partial charge in [0.25, 0.3) is 7.82 Å². The number of hydrogen-bond acceptors (Lipinski definition) is 8.